The molecule has 0 spiro atoms. The number of fused-ring (bicyclic) bond motifs is 2. The molecule has 2 aliphatic rings. The Labute approximate surface area is 275 Å². The number of unbranched alkanes of at least 4 members (excludes halogenated alkanes) is 2. The van der Waals surface area contributed by atoms with Crippen LogP contribution in [0, 0.1) is 0 Å². The number of aromatic nitrogens is 1. The smallest absolute Gasteiger partial charge is 0.274 e. The molecule has 1 aromatic heterocycles. The number of nitrogens with zero attached hydrogens (tertiary/aromatic N) is 2. The molecule has 1 atom stereocenters. The number of carbonyl (C=O) groups is 6. The van der Waals surface area contributed by atoms with Gasteiger partial charge in [-0.15, -0.1) is 0 Å². The van der Waals surface area contributed by atoms with E-state index in [1.807, 2.05) is 47.2 Å². The first-order valence-electron chi connectivity index (χ1n) is 15.7. The molecule has 5 N–H and O–H groups in total. The van der Waals surface area contributed by atoms with Crippen molar-refractivity contribution in [2.75, 3.05) is 17.2 Å². The maximum Gasteiger partial charge on any atom is 0.274 e. The largest absolute Gasteiger partial charge is 0.384 e. The molecule has 3 aromatic carbocycles. The van der Waals surface area contributed by atoms with E-state index in [4.69, 9.17) is 5.21 Å². The molecule has 4 aromatic rings. The van der Waals surface area contributed by atoms with Gasteiger partial charge in [0.15, 0.2) is 0 Å². The van der Waals surface area contributed by atoms with Crippen molar-refractivity contribution in [2.24, 2.45) is 0 Å². The maximum atomic E-state index is 13.2. The lowest BCUT2D eigenvalue weighted by atomic mass is 10.0. The minimum absolute atomic E-state index is 0.0598. The second-order valence-electron chi connectivity index (χ2n) is 11.8. The molecule has 6 rings (SSSR count). The third-order valence-corrected chi connectivity index (χ3v) is 8.59. The van der Waals surface area contributed by atoms with Gasteiger partial charge >= 0.3 is 0 Å². The molecule has 1 saturated heterocycles. The van der Waals surface area contributed by atoms with Gasteiger partial charge in [-0.05, 0) is 72.7 Å². The van der Waals surface area contributed by atoms with E-state index >= 15 is 0 Å². The lowest BCUT2D eigenvalue weighted by Crippen LogP contribution is -2.54. The van der Waals surface area contributed by atoms with Crippen molar-refractivity contribution in [3.63, 3.8) is 0 Å². The third-order valence-electron chi connectivity index (χ3n) is 8.59. The standard InChI is InChI=1S/C35H34N6O7/c42-29(37-24-12-8-21(9-13-24)20-40-18-16-22-10-11-23(19-28(22)40)32(44)39-48)7-2-1-3-17-36-26-6-4-5-25-31(26)35(47)41(34(25)46)27-14-15-30(43)38-33(27)45/h4-6,8-13,16,18-19,27,36,48H,1-3,7,14-15,17,20H2,(H,37,42)(H,39,44)(H,38,43,45). The molecule has 6 amide bonds. The van der Waals surface area contributed by atoms with Crippen LogP contribution in [-0.4, -0.2) is 62.7 Å². The number of hydrogen-bond donors (Lipinski definition) is 5. The average molecular weight is 651 g/mol. The first-order chi connectivity index (χ1) is 23.2. The predicted octanol–water partition coefficient (Wildman–Crippen LogP) is 3.82. The van der Waals surface area contributed by atoms with Gasteiger partial charge in [0, 0.05) is 54.6 Å². The van der Waals surface area contributed by atoms with E-state index < -0.39 is 35.6 Å². The molecule has 0 radical (unpaired) electrons. The van der Waals surface area contributed by atoms with Crippen LogP contribution < -0.4 is 21.4 Å². The second kappa shape index (κ2) is 13.9. The molecule has 13 heteroatoms. The Morgan fingerprint density at radius 1 is 0.917 bits per heavy atom. The quantitative estimate of drug-likeness (QED) is 0.0665. The number of hydroxylamine groups is 1. The molecule has 3 heterocycles. The van der Waals surface area contributed by atoms with Crippen LogP contribution in [0.1, 0.15) is 75.2 Å². The topological polar surface area (TPSA) is 179 Å². The van der Waals surface area contributed by atoms with Crippen LogP contribution in [0.2, 0.25) is 0 Å². The maximum absolute atomic E-state index is 13.2. The summed E-state index contributed by atoms with van der Waals surface area (Å²) < 4.78 is 2.00. The molecule has 246 valence electrons. The van der Waals surface area contributed by atoms with Gasteiger partial charge in [0.25, 0.3) is 17.7 Å². The Bertz CT molecular complexity index is 1930. The van der Waals surface area contributed by atoms with Crippen LogP contribution in [0.5, 0.6) is 0 Å². The lowest BCUT2D eigenvalue weighted by molar-refractivity contribution is -0.136. The van der Waals surface area contributed by atoms with E-state index in [9.17, 15) is 28.8 Å². The third kappa shape index (κ3) is 6.67. The van der Waals surface area contributed by atoms with E-state index in [1.165, 1.54) is 0 Å². The highest BCUT2D eigenvalue weighted by Gasteiger charge is 2.45. The molecule has 48 heavy (non-hydrogen) atoms. The van der Waals surface area contributed by atoms with Gasteiger partial charge in [-0.25, -0.2) is 5.48 Å². The van der Waals surface area contributed by atoms with Crippen molar-refractivity contribution in [1.82, 2.24) is 20.3 Å². The number of anilines is 2. The molecule has 2 aliphatic heterocycles. The Morgan fingerprint density at radius 2 is 1.73 bits per heavy atom. The Kier molecular flexibility index (Phi) is 9.30. The number of nitrogens with one attached hydrogen (secondary N) is 4. The number of rotatable bonds is 12. The summed E-state index contributed by atoms with van der Waals surface area (Å²) in [5.41, 5.74) is 5.52. The molecular formula is C35H34N6O7. The second-order valence-corrected chi connectivity index (χ2v) is 11.8. The fourth-order valence-electron chi connectivity index (χ4n) is 6.11. The average Bonchev–Trinajstić information content (AvgIpc) is 3.60. The van der Waals surface area contributed by atoms with Crippen LogP contribution in [0.15, 0.2) is 72.9 Å². The van der Waals surface area contributed by atoms with Crippen molar-refractivity contribution < 1.29 is 34.0 Å². The summed E-state index contributed by atoms with van der Waals surface area (Å²) in [5, 5.41) is 18.3. The van der Waals surface area contributed by atoms with Crippen molar-refractivity contribution in [3.8, 4) is 0 Å². The summed E-state index contributed by atoms with van der Waals surface area (Å²) in [6.07, 6.45) is 4.58. The summed E-state index contributed by atoms with van der Waals surface area (Å²) >= 11 is 0. The van der Waals surface area contributed by atoms with Crippen LogP contribution in [0.3, 0.4) is 0 Å². The molecule has 0 aliphatic carbocycles. The number of carbonyl (C=O) groups excluding carboxylic acids is 6. The van der Waals surface area contributed by atoms with Crippen molar-refractivity contribution in [3.05, 3.63) is 95.2 Å². The zero-order valence-corrected chi connectivity index (χ0v) is 26.0. The van der Waals surface area contributed by atoms with Gasteiger partial charge in [0.1, 0.15) is 6.04 Å². The van der Waals surface area contributed by atoms with Crippen LogP contribution in [-0.2, 0) is 20.9 Å². The van der Waals surface area contributed by atoms with Gasteiger partial charge < -0.3 is 15.2 Å². The molecule has 13 nitrogen and oxygen atoms in total. The molecule has 1 unspecified atom stereocenters. The van der Waals surface area contributed by atoms with Gasteiger partial charge in [-0.2, -0.15) is 0 Å². The summed E-state index contributed by atoms with van der Waals surface area (Å²) in [6, 6.07) is 18.6. The Hall–Kier alpha value is -5.82. The van der Waals surface area contributed by atoms with Crippen molar-refractivity contribution in [1.29, 1.82) is 0 Å². The number of benzene rings is 3. The lowest BCUT2D eigenvalue weighted by Gasteiger charge is -2.27. The van der Waals surface area contributed by atoms with Gasteiger partial charge in [0.05, 0.1) is 11.1 Å². The van der Waals surface area contributed by atoms with E-state index in [1.54, 1.807) is 35.8 Å². The van der Waals surface area contributed by atoms with Gasteiger partial charge in [0.2, 0.25) is 17.7 Å². The molecule has 0 bridgehead atoms. The highest BCUT2D eigenvalue weighted by atomic mass is 16.5. The number of imide groups is 2. The predicted molar refractivity (Wildman–Crippen MR) is 175 cm³/mol. The number of piperidine rings is 1. The highest BCUT2D eigenvalue weighted by molar-refractivity contribution is 6.25. The van der Waals surface area contributed by atoms with Crippen LogP contribution in [0.4, 0.5) is 11.4 Å². The van der Waals surface area contributed by atoms with Crippen LogP contribution in [0.25, 0.3) is 10.9 Å². The van der Waals surface area contributed by atoms with E-state index in [0.29, 0.717) is 42.9 Å². The SMILES string of the molecule is O=C1CCC(N2C(=O)c3cccc(NCCCCCC(=O)Nc4ccc(Cn5ccc6ccc(C(=O)NO)cc65)cc4)c3C2=O)C(=O)N1. The Morgan fingerprint density at radius 3 is 2.50 bits per heavy atom. The number of amides is 6. The fourth-order valence-corrected chi connectivity index (χ4v) is 6.11. The van der Waals surface area contributed by atoms with Gasteiger partial charge in [-0.3, -0.25) is 44.2 Å². The first kappa shape index (κ1) is 32.1. The molecule has 0 saturated carbocycles. The van der Waals surface area contributed by atoms with E-state index in [0.717, 1.165) is 34.2 Å². The minimum Gasteiger partial charge on any atom is -0.384 e. The summed E-state index contributed by atoms with van der Waals surface area (Å²) in [4.78, 5) is 75.4. The van der Waals surface area contributed by atoms with E-state index in [-0.39, 0.29) is 29.9 Å². The fraction of sp³-hybridized carbons (Fsp3) is 0.257. The monoisotopic (exact) mass is 650 g/mol. The summed E-state index contributed by atoms with van der Waals surface area (Å²) in [5.74, 6) is -2.84. The summed E-state index contributed by atoms with van der Waals surface area (Å²) in [7, 11) is 0. The Balaban J connectivity index is 0.943. The number of hydrogen-bond acceptors (Lipinski definition) is 8. The summed E-state index contributed by atoms with van der Waals surface area (Å²) in [6.45, 7) is 1.08. The highest BCUT2D eigenvalue weighted by Crippen LogP contribution is 2.32. The van der Waals surface area contributed by atoms with Crippen molar-refractivity contribution in [2.45, 2.75) is 51.1 Å². The van der Waals surface area contributed by atoms with Crippen molar-refractivity contribution >= 4 is 57.7 Å². The van der Waals surface area contributed by atoms with E-state index in [2.05, 4.69) is 16.0 Å². The van der Waals surface area contributed by atoms with Crippen LogP contribution >= 0.6 is 0 Å². The molecular weight excluding hydrogens is 616 g/mol. The zero-order chi connectivity index (χ0) is 33.8. The normalized spacial score (nSPS) is 15.8. The van der Waals surface area contributed by atoms with Gasteiger partial charge in [-0.1, -0.05) is 30.7 Å². The molecule has 1 fully saturated rings. The first-order valence-corrected chi connectivity index (χ1v) is 15.7. The zero-order valence-electron chi connectivity index (χ0n) is 26.0. The minimum atomic E-state index is -1.02.